The van der Waals surface area contributed by atoms with Crippen LogP contribution in [-0.2, 0) is 21.7 Å². The highest BCUT2D eigenvalue weighted by Gasteiger charge is 2.53. The zero-order chi connectivity index (χ0) is 36.4. The molecule has 53 heavy (non-hydrogen) atoms. The first-order valence-corrected chi connectivity index (χ1v) is 19.5. The van der Waals surface area contributed by atoms with Crippen molar-refractivity contribution in [3.05, 3.63) is 108 Å². The van der Waals surface area contributed by atoms with E-state index in [1.807, 2.05) is 6.07 Å². The summed E-state index contributed by atoms with van der Waals surface area (Å²) < 4.78 is 20.5. The van der Waals surface area contributed by atoms with E-state index in [0.29, 0.717) is 0 Å². The Bertz CT molecular complexity index is 2710. The van der Waals surface area contributed by atoms with Crippen molar-refractivity contribution in [3.8, 4) is 22.3 Å². The van der Waals surface area contributed by atoms with Crippen molar-refractivity contribution in [3.63, 3.8) is 0 Å². The van der Waals surface area contributed by atoms with Gasteiger partial charge in [0.2, 0.25) is 0 Å². The molecule has 4 aromatic carbocycles. The SMILES string of the molecule is CC1(C)CCC(C)(C)c2c(N3c4cc(-c5ccc6oc7ccccc7c6c5)cc5c4B(c4ccccc4-5)c4oc5c(c43)C(C)(C)CCC5(C)C)coc21. The minimum atomic E-state index is -0.0774. The molecule has 2 aliphatic carbocycles. The second kappa shape index (κ2) is 9.99. The van der Waals surface area contributed by atoms with Crippen LogP contribution in [0.25, 0.3) is 44.2 Å². The van der Waals surface area contributed by atoms with E-state index in [-0.39, 0.29) is 28.4 Å². The summed E-state index contributed by atoms with van der Waals surface area (Å²) in [6, 6.07) is 29.0. The predicted octanol–water partition coefficient (Wildman–Crippen LogP) is 11.4. The molecule has 2 aliphatic heterocycles. The smallest absolute Gasteiger partial charge is 0.293 e. The van der Waals surface area contributed by atoms with E-state index in [9.17, 15) is 0 Å². The Hall–Kier alpha value is -4.90. The molecule has 0 atom stereocenters. The van der Waals surface area contributed by atoms with Crippen molar-refractivity contribution in [2.45, 2.75) is 103 Å². The van der Waals surface area contributed by atoms with Crippen molar-refractivity contribution in [1.29, 1.82) is 0 Å². The van der Waals surface area contributed by atoms with Gasteiger partial charge in [-0.25, -0.2) is 0 Å². The standard InChI is InChI=1S/C48H46BNO3/c1-45(2)19-21-47(5,6)42-38(45)35(26-51-42)50-34-25-28(27-17-18-37-31(23-27)30-14-10-12-16-36(30)52-37)24-32-29-13-9-11-15-33(29)49(40(32)34)44-41(50)39-43(53-44)48(7,8)22-20-46(39,3)4/h9-18,23-26H,19-22H2,1-8H3. The Morgan fingerprint density at radius 2 is 1.25 bits per heavy atom. The molecule has 5 heteroatoms. The van der Waals surface area contributed by atoms with Gasteiger partial charge < -0.3 is 18.2 Å². The molecule has 0 unspecified atom stereocenters. The van der Waals surface area contributed by atoms with Gasteiger partial charge in [0.15, 0.2) is 0 Å². The third kappa shape index (κ3) is 4.09. The summed E-state index contributed by atoms with van der Waals surface area (Å²) in [5, 5.41) is 2.29. The lowest BCUT2D eigenvalue weighted by molar-refractivity contribution is 0.278. The third-order valence-corrected chi connectivity index (χ3v) is 13.7. The Morgan fingerprint density at radius 1 is 0.566 bits per heavy atom. The van der Waals surface area contributed by atoms with Crippen LogP contribution in [0.4, 0.5) is 17.1 Å². The summed E-state index contributed by atoms with van der Waals surface area (Å²) in [5.41, 5.74) is 16.6. The number of benzene rings is 4. The number of hydrogen-bond donors (Lipinski definition) is 0. The van der Waals surface area contributed by atoms with Crippen LogP contribution < -0.4 is 21.5 Å². The molecule has 11 rings (SSSR count). The van der Waals surface area contributed by atoms with Gasteiger partial charge in [0.25, 0.3) is 6.71 Å². The highest BCUT2D eigenvalue weighted by atomic mass is 16.3. The van der Waals surface area contributed by atoms with Crippen LogP contribution in [0.1, 0.15) is 104 Å². The summed E-state index contributed by atoms with van der Waals surface area (Å²) in [5.74, 6) is 2.27. The molecule has 7 aromatic rings. The molecule has 0 radical (unpaired) electrons. The van der Waals surface area contributed by atoms with E-state index in [2.05, 4.69) is 139 Å². The van der Waals surface area contributed by atoms with E-state index in [1.54, 1.807) is 0 Å². The van der Waals surface area contributed by atoms with E-state index >= 15 is 0 Å². The fraction of sp³-hybridized carbons (Fsp3) is 0.333. The van der Waals surface area contributed by atoms with Crippen LogP contribution in [0.15, 0.2) is 98.4 Å². The van der Waals surface area contributed by atoms with Crippen molar-refractivity contribution < 1.29 is 13.3 Å². The number of anilines is 3. The molecule has 264 valence electrons. The molecule has 3 aromatic heterocycles. The quantitative estimate of drug-likeness (QED) is 0.169. The van der Waals surface area contributed by atoms with E-state index in [1.165, 1.54) is 55.7 Å². The molecule has 0 fully saturated rings. The van der Waals surface area contributed by atoms with Crippen LogP contribution in [0.2, 0.25) is 0 Å². The van der Waals surface area contributed by atoms with E-state index in [4.69, 9.17) is 13.3 Å². The van der Waals surface area contributed by atoms with Gasteiger partial charge >= 0.3 is 0 Å². The maximum atomic E-state index is 7.41. The summed E-state index contributed by atoms with van der Waals surface area (Å²) in [4.78, 5) is 2.60. The second-order valence-corrected chi connectivity index (χ2v) is 19.0. The largest absolute Gasteiger partial charge is 0.472 e. The topological polar surface area (TPSA) is 42.7 Å². The van der Waals surface area contributed by atoms with Gasteiger partial charge in [-0.3, -0.25) is 0 Å². The number of para-hydroxylation sites is 1. The Balaban J connectivity index is 1.26. The molecule has 0 saturated carbocycles. The summed E-state index contributed by atoms with van der Waals surface area (Å²) in [7, 11) is 0. The molecule has 0 N–H and O–H groups in total. The van der Waals surface area contributed by atoms with Crippen LogP contribution in [0.3, 0.4) is 0 Å². The minimum absolute atomic E-state index is 0.0150. The second-order valence-electron chi connectivity index (χ2n) is 19.0. The minimum Gasteiger partial charge on any atom is -0.472 e. The van der Waals surface area contributed by atoms with Crippen LogP contribution in [0, 0.1) is 0 Å². The highest BCUT2D eigenvalue weighted by Crippen LogP contribution is 2.58. The first-order valence-electron chi connectivity index (χ1n) is 19.5. The number of rotatable bonds is 2. The monoisotopic (exact) mass is 695 g/mol. The van der Waals surface area contributed by atoms with Gasteiger partial charge in [0.05, 0.1) is 17.0 Å². The maximum absolute atomic E-state index is 7.41. The van der Waals surface area contributed by atoms with Crippen LogP contribution in [0.5, 0.6) is 0 Å². The molecule has 5 heterocycles. The zero-order valence-electron chi connectivity index (χ0n) is 32.2. The zero-order valence-corrected chi connectivity index (χ0v) is 32.2. The Labute approximate surface area is 312 Å². The molecule has 0 amide bonds. The third-order valence-electron chi connectivity index (χ3n) is 13.7. The van der Waals surface area contributed by atoms with Crippen molar-refractivity contribution in [2.24, 2.45) is 0 Å². The highest BCUT2D eigenvalue weighted by molar-refractivity contribution is 7.00. The molecular formula is C48H46BNO3. The number of nitrogens with zero attached hydrogens (tertiary/aromatic N) is 1. The van der Waals surface area contributed by atoms with Crippen LogP contribution in [-0.4, -0.2) is 6.71 Å². The van der Waals surface area contributed by atoms with E-state index < -0.39 is 0 Å². The van der Waals surface area contributed by atoms with Gasteiger partial charge in [-0.2, -0.15) is 0 Å². The lowest BCUT2D eigenvalue weighted by Crippen LogP contribution is -2.54. The number of hydrogen-bond acceptors (Lipinski definition) is 4. The first kappa shape index (κ1) is 31.6. The number of fused-ring (bicyclic) bond motifs is 11. The molecule has 0 bridgehead atoms. The maximum Gasteiger partial charge on any atom is 0.293 e. The van der Waals surface area contributed by atoms with Gasteiger partial charge in [-0.15, -0.1) is 0 Å². The van der Waals surface area contributed by atoms with Gasteiger partial charge in [0, 0.05) is 38.4 Å². The average molecular weight is 696 g/mol. The summed E-state index contributed by atoms with van der Waals surface area (Å²) in [6.07, 6.45) is 6.48. The normalized spacial score (nSPS) is 19.5. The Kier molecular flexibility index (Phi) is 5.96. The van der Waals surface area contributed by atoms with Gasteiger partial charge in [0.1, 0.15) is 28.9 Å². The molecular weight excluding hydrogens is 649 g/mol. The summed E-state index contributed by atoms with van der Waals surface area (Å²) in [6.45, 7) is 19.1. The first-order chi connectivity index (χ1) is 25.3. The molecule has 0 saturated heterocycles. The van der Waals surface area contributed by atoms with Crippen LogP contribution >= 0.6 is 0 Å². The Morgan fingerprint density at radius 3 is 2.06 bits per heavy atom. The molecule has 0 spiro atoms. The summed E-state index contributed by atoms with van der Waals surface area (Å²) >= 11 is 0. The average Bonchev–Trinajstić information content (AvgIpc) is 3.91. The lowest BCUT2D eigenvalue weighted by Gasteiger charge is -2.43. The number of furan rings is 3. The fourth-order valence-corrected chi connectivity index (χ4v) is 10.6. The lowest BCUT2D eigenvalue weighted by atomic mass is 9.39. The van der Waals surface area contributed by atoms with Gasteiger partial charge in [-0.05, 0) is 94.6 Å². The van der Waals surface area contributed by atoms with E-state index in [0.717, 1.165) is 70.5 Å². The van der Waals surface area contributed by atoms with Crippen molar-refractivity contribution in [2.75, 3.05) is 4.90 Å². The van der Waals surface area contributed by atoms with Crippen molar-refractivity contribution in [1.82, 2.24) is 0 Å². The molecule has 4 nitrogen and oxygen atoms in total. The molecule has 4 aliphatic rings. The van der Waals surface area contributed by atoms with Gasteiger partial charge in [-0.1, -0.05) is 109 Å². The predicted molar refractivity (Wildman–Crippen MR) is 219 cm³/mol. The fourth-order valence-electron chi connectivity index (χ4n) is 10.6. The van der Waals surface area contributed by atoms with Crippen molar-refractivity contribution >= 4 is 62.3 Å².